The normalized spacial score (nSPS) is 39.5. The molecule has 2 atom stereocenters. The predicted molar refractivity (Wildman–Crippen MR) is 38.2 cm³/mol. The van der Waals surface area contributed by atoms with Crippen molar-refractivity contribution in [2.24, 2.45) is 5.92 Å². The van der Waals surface area contributed by atoms with Gasteiger partial charge in [0.1, 0.15) is 5.60 Å². The third-order valence-electron chi connectivity index (χ3n) is 2.78. The van der Waals surface area contributed by atoms with Gasteiger partial charge in [0.25, 0.3) is 0 Å². The highest BCUT2D eigenvalue weighted by molar-refractivity contribution is 5.61. The summed E-state index contributed by atoms with van der Waals surface area (Å²) in [5.74, 6) is 0.640. The first-order valence-electron chi connectivity index (χ1n) is 4.04. The zero-order chi connectivity index (χ0) is 7.90. The molecule has 0 aromatic carbocycles. The maximum absolute atomic E-state index is 10.8. The standard InChI is InChI=1S/C8H12O3/c1-10-7(9)11-8-4-2-3-6(8)5-8/h6H,2-5H2,1H3. The molecule has 3 nitrogen and oxygen atoms in total. The lowest BCUT2D eigenvalue weighted by atomic mass is 10.2. The van der Waals surface area contributed by atoms with E-state index in [0.29, 0.717) is 5.92 Å². The van der Waals surface area contributed by atoms with Gasteiger partial charge in [0, 0.05) is 5.92 Å². The van der Waals surface area contributed by atoms with Gasteiger partial charge >= 0.3 is 6.16 Å². The van der Waals surface area contributed by atoms with E-state index in [1.165, 1.54) is 20.0 Å². The van der Waals surface area contributed by atoms with Crippen molar-refractivity contribution in [1.29, 1.82) is 0 Å². The minimum Gasteiger partial charge on any atom is -0.438 e. The van der Waals surface area contributed by atoms with Crippen molar-refractivity contribution in [2.75, 3.05) is 7.11 Å². The number of methoxy groups -OCH3 is 1. The number of hydrogen-bond acceptors (Lipinski definition) is 3. The molecule has 0 N–H and O–H groups in total. The number of ether oxygens (including phenoxy) is 2. The zero-order valence-electron chi connectivity index (χ0n) is 6.63. The van der Waals surface area contributed by atoms with Gasteiger partial charge in [0.2, 0.25) is 0 Å². The number of fused-ring (bicyclic) bond motifs is 1. The molecule has 0 bridgehead atoms. The van der Waals surface area contributed by atoms with Crippen LogP contribution in [0.3, 0.4) is 0 Å². The van der Waals surface area contributed by atoms with Gasteiger partial charge in [-0.2, -0.15) is 0 Å². The van der Waals surface area contributed by atoms with Gasteiger partial charge in [-0.15, -0.1) is 0 Å². The minimum absolute atomic E-state index is 0.0902. The summed E-state index contributed by atoms with van der Waals surface area (Å²) in [6.45, 7) is 0. The van der Waals surface area contributed by atoms with Crippen LogP contribution in [0.1, 0.15) is 25.7 Å². The van der Waals surface area contributed by atoms with E-state index < -0.39 is 6.16 Å². The molecule has 2 saturated carbocycles. The van der Waals surface area contributed by atoms with E-state index in [0.717, 1.165) is 12.8 Å². The van der Waals surface area contributed by atoms with Crippen LogP contribution in [0.4, 0.5) is 4.79 Å². The monoisotopic (exact) mass is 156 g/mol. The fourth-order valence-electron chi connectivity index (χ4n) is 2.06. The average Bonchev–Trinajstić information content (AvgIpc) is 2.53. The van der Waals surface area contributed by atoms with Crippen LogP contribution in [0.25, 0.3) is 0 Å². The molecule has 0 aromatic heterocycles. The molecule has 0 heterocycles. The molecule has 0 aliphatic heterocycles. The zero-order valence-corrected chi connectivity index (χ0v) is 6.63. The van der Waals surface area contributed by atoms with Crippen molar-refractivity contribution in [3.8, 4) is 0 Å². The van der Waals surface area contributed by atoms with E-state index in [1.54, 1.807) is 0 Å². The first-order chi connectivity index (χ1) is 5.27. The fraction of sp³-hybridized carbons (Fsp3) is 0.875. The number of rotatable bonds is 1. The Kier molecular flexibility index (Phi) is 1.34. The summed E-state index contributed by atoms with van der Waals surface area (Å²) in [6, 6.07) is 0. The second-order valence-electron chi connectivity index (χ2n) is 3.41. The molecule has 2 fully saturated rings. The molecule has 3 heteroatoms. The van der Waals surface area contributed by atoms with Gasteiger partial charge in [-0.3, -0.25) is 0 Å². The molecule has 0 spiro atoms. The lowest BCUT2D eigenvalue weighted by molar-refractivity contribution is 0.0223. The fourth-order valence-corrected chi connectivity index (χ4v) is 2.06. The van der Waals surface area contributed by atoms with Crippen molar-refractivity contribution in [3.05, 3.63) is 0 Å². The summed E-state index contributed by atoms with van der Waals surface area (Å²) < 4.78 is 9.60. The van der Waals surface area contributed by atoms with Crippen LogP contribution < -0.4 is 0 Å². The van der Waals surface area contributed by atoms with Crippen molar-refractivity contribution in [3.63, 3.8) is 0 Å². The SMILES string of the molecule is COC(=O)OC12CCCC1C2. The second-order valence-corrected chi connectivity index (χ2v) is 3.41. The van der Waals surface area contributed by atoms with Gasteiger partial charge in [0.05, 0.1) is 7.11 Å². The largest absolute Gasteiger partial charge is 0.508 e. The Morgan fingerprint density at radius 3 is 2.91 bits per heavy atom. The lowest BCUT2D eigenvalue weighted by Crippen LogP contribution is -2.18. The Hall–Kier alpha value is -0.730. The summed E-state index contributed by atoms with van der Waals surface area (Å²) >= 11 is 0. The van der Waals surface area contributed by atoms with Crippen LogP contribution in [0.2, 0.25) is 0 Å². The molecule has 0 radical (unpaired) electrons. The molecule has 62 valence electrons. The highest BCUT2D eigenvalue weighted by Crippen LogP contribution is 2.58. The predicted octanol–water partition coefficient (Wildman–Crippen LogP) is 1.71. The van der Waals surface area contributed by atoms with Crippen LogP contribution in [0, 0.1) is 5.92 Å². The van der Waals surface area contributed by atoms with E-state index in [9.17, 15) is 4.79 Å². The van der Waals surface area contributed by atoms with E-state index in [2.05, 4.69) is 4.74 Å². The highest BCUT2D eigenvalue weighted by Gasteiger charge is 2.60. The molecule has 0 aromatic rings. The van der Waals surface area contributed by atoms with Crippen molar-refractivity contribution in [1.82, 2.24) is 0 Å². The lowest BCUT2D eigenvalue weighted by Gasteiger charge is -2.11. The first kappa shape index (κ1) is 6.95. The summed E-state index contributed by atoms with van der Waals surface area (Å²) in [7, 11) is 1.35. The first-order valence-corrected chi connectivity index (χ1v) is 4.04. The van der Waals surface area contributed by atoms with Gasteiger partial charge in [0.15, 0.2) is 0 Å². The molecule has 2 unspecified atom stereocenters. The summed E-state index contributed by atoms with van der Waals surface area (Å²) in [5, 5.41) is 0. The van der Waals surface area contributed by atoms with E-state index >= 15 is 0 Å². The Bertz CT molecular complexity index is 190. The molecular weight excluding hydrogens is 144 g/mol. The van der Waals surface area contributed by atoms with Gasteiger partial charge in [-0.1, -0.05) is 0 Å². The van der Waals surface area contributed by atoms with Crippen LogP contribution in [-0.2, 0) is 9.47 Å². The average molecular weight is 156 g/mol. The van der Waals surface area contributed by atoms with Gasteiger partial charge in [-0.05, 0) is 25.7 Å². The molecule has 2 aliphatic rings. The third-order valence-corrected chi connectivity index (χ3v) is 2.78. The molecule has 2 rings (SSSR count). The van der Waals surface area contributed by atoms with Crippen molar-refractivity contribution >= 4 is 6.16 Å². The Labute approximate surface area is 65.7 Å². The van der Waals surface area contributed by atoms with E-state index in [4.69, 9.17) is 4.74 Å². The van der Waals surface area contributed by atoms with Crippen LogP contribution in [0.15, 0.2) is 0 Å². The van der Waals surface area contributed by atoms with Crippen LogP contribution >= 0.6 is 0 Å². The molecule has 0 saturated heterocycles. The molecule has 11 heavy (non-hydrogen) atoms. The van der Waals surface area contributed by atoms with E-state index in [1.807, 2.05) is 0 Å². The maximum atomic E-state index is 10.8. The summed E-state index contributed by atoms with van der Waals surface area (Å²) in [6.07, 6.45) is 3.99. The van der Waals surface area contributed by atoms with Gasteiger partial charge in [-0.25, -0.2) is 4.79 Å². The van der Waals surface area contributed by atoms with Crippen LogP contribution in [-0.4, -0.2) is 18.9 Å². The van der Waals surface area contributed by atoms with Crippen molar-refractivity contribution in [2.45, 2.75) is 31.3 Å². The topological polar surface area (TPSA) is 35.5 Å². The number of carbonyl (C=O) groups excluding carboxylic acids is 1. The van der Waals surface area contributed by atoms with Crippen molar-refractivity contribution < 1.29 is 14.3 Å². The number of carbonyl (C=O) groups is 1. The minimum atomic E-state index is -0.519. The highest BCUT2D eigenvalue weighted by atomic mass is 16.7. The maximum Gasteiger partial charge on any atom is 0.508 e. The molecule has 0 amide bonds. The molecular formula is C8H12O3. The Morgan fingerprint density at radius 2 is 2.45 bits per heavy atom. The van der Waals surface area contributed by atoms with Crippen LogP contribution in [0.5, 0.6) is 0 Å². The van der Waals surface area contributed by atoms with E-state index in [-0.39, 0.29) is 5.60 Å². The second kappa shape index (κ2) is 2.13. The Morgan fingerprint density at radius 1 is 1.64 bits per heavy atom. The third kappa shape index (κ3) is 0.988. The smallest absolute Gasteiger partial charge is 0.438 e. The summed E-state index contributed by atoms with van der Waals surface area (Å²) in [4.78, 5) is 10.8. The number of hydrogen-bond donors (Lipinski definition) is 0. The molecule has 2 aliphatic carbocycles. The van der Waals surface area contributed by atoms with Gasteiger partial charge < -0.3 is 9.47 Å². The summed E-state index contributed by atoms with van der Waals surface area (Å²) in [5.41, 5.74) is -0.0902. The quantitative estimate of drug-likeness (QED) is 0.542. The Balaban J connectivity index is 1.91.